The van der Waals surface area contributed by atoms with Crippen LogP contribution in [0.15, 0.2) is 72.0 Å². The van der Waals surface area contributed by atoms with Crippen LogP contribution >= 0.6 is 0 Å². The number of rotatable bonds is 4. The van der Waals surface area contributed by atoms with E-state index in [9.17, 15) is 8.42 Å². The third-order valence-electron chi connectivity index (χ3n) is 4.91. The predicted octanol–water partition coefficient (Wildman–Crippen LogP) is 2.54. The Hall–Kier alpha value is -2.64. The minimum absolute atomic E-state index is 0.274. The van der Waals surface area contributed by atoms with E-state index >= 15 is 0 Å². The molecule has 0 spiro atoms. The van der Waals surface area contributed by atoms with Crippen molar-refractivity contribution < 1.29 is 8.42 Å². The van der Waals surface area contributed by atoms with E-state index in [-0.39, 0.29) is 4.90 Å². The summed E-state index contributed by atoms with van der Waals surface area (Å²) in [4.78, 5) is 9.38. The highest BCUT2D eigenvalue weighted by molar-refractivity contribution is 7.90. The summed E-state index contributed by atoms with van der Waals surface area (Å²) in [5.41, 5.74) is 2.00. The fraction of sp³-hybridized carbons (Fsp3) is 0.250. The van der Waals surface area contributed by atoms with Crippen molar-refractivity contribution in [1.82, 2.24) is 13.9 Å². The molecule has 140 valence electrons. The SMILES string of the molecule is CN1CCN(c2cc(-c3ccc(S(=O)(=O)n4cccc4)cc3)ccn2)CC1. The summed E-state index contributed by atoms with van der Waals surface area (Å²) >= 11 is 0. The van der Waals surface area contributed by atoms with E-state index in [4.69, 9.17) is 0 Å². The first-order valence-corrected chi connectivity index (χ1v) is 10.4. The Labute approximate surface area is 159 Å². The molecule has 1 saturated heterocycles. The van der Waals surface area contributed by atoms with Gasteiger partial charge in [0.15, 0.2) is 0 Å². The number of nitrogens with zero attached hydrogens (tertiary/aromatic N) is 4. The first kappa shape index (κ1) is 17.8. The molecule has 0 radical (unpaired) electrons. The van der Waals surface area contributed by atoms with Gasteiger partial charge in [0, 0.05) is 44.8 Å². The van der Waals surface area contributed by atoms with Crippen LogP contribution in [0, 0.1) is 0 Å². The van der Waals surface area contributed by atoms with Crippen molar-refractivity contribution in [3.63, 3.8) is 0 Å². The van der Waals surface area contributed by atoms with Gasteiger partial charge in [0.2, 0.25) is 0 Å². The number of hydrogen-bond acceptors (Lipinski definition) is 5. The summed E-state index contributed by atoms with van der Waals surface area (Å²) in [6.45, 7) is 3.97. The van der Waals surface area contributed by atoms with E-state index in [0.29, 0.717) is 0 Å². The molecule has 27 heavy (non-hydrogen) atoms. The van der Waals surface area contributed by atoms with E-state index < -0.39 is 10.0 Å². The maximum Gasteiger partial charge on any atom is 0.267 e. The van der Waals surface area contributed by atoms with Gasteiger partial charge in [0.25, 0.3) is 10.0 Å². The van der Waals surface area contributed by atoms with Crippen molar-refractivity contribution in [1.29, 1.82) is 0 Å². The second-order valence-corrected chi connectivity index (χ2v) is 8.58. The van der Waals surface area contributed by atoms with Gasteiger partial charge in [-0.25, -0.2) is 17.4 Å². The molecule has 1 aliphatic rings. The molecule has 0 amide bonds. The van der Waals surface area contributed by atoms with E-state index in [1.54, 1.807) is 24.3 Å². The molecule has 1 aromatic carbocycles. The van der Waals surface area contributed by atoms with Gasteiger partial charge in [-0.1, -0.05) is 12.1 Å². The van der Waals surface area contributed by atoms with Crippen molar-refractivity contribution >= 4 is 15.8 Å². The Balaban J connectivity index is 1.59. The van der Waals surface area contributed by atoms with Gasteiger partial charge in [0.05, 0.1) is 4.90 Å². The summed E-state index contributed by atoms with van der Waals surface area (Å²) in [6.07, 6.45) is 4.89. The highest BCUT2D eigenvalue weighted by Crippen LogP contribution is 2.25. The molecule has 1 aliphatic heterocycles. The van der Waals surface area contributed by atoms with Crippen molar-refractivity contribution in [3.8, 4) is 11.1 Å². The normalized spacial score (nSPS) is 15.8. The molecule has 0 atom stereocenters. The minimum atomic E-state index is -3.53. The zero-order chi connectivity index (χ0) is 18.9. The number of anilines is 1. The van der Waals surface area contributed by atoms with E-state index in [0.717, 1.165) is 43.1 Å². The lowest BCUT2D eigenvalue weighted by Crippen LogP contribution is -2.44. The number of aromatic nitrogens is 2. The molecular formula is C20H22N4O2S. The molecule has 1 fully saturated rings. The van der Waals surface area contributed by atoms with Crippen molar-refractivity contribution in [2.75, 3.05) is 38.1 Å². The van der Waals surface area contributed by atoms with Gasteiger partial charge in [-0.05, 0) is 54.6 Å². The number of pyridine rings is 1. The molecule has 6 nitrogen and oxygen atoms in total. The first-order chi connectivity index (χ1) is 13.0. The monoisotopic (exact) mass is 382 g/mol. The van der Waals surface area contributed by atoms with Crippen molar-refractivity contribution in [2.24, 2.45) is 0 Å². The highest BCUT2D eigenvalue weighted by atomic mass is 32.2. The predicted molar refractivity (Wildman–Crippen MR) is 106 cm³/mol. The second kappa shape index (κ2) is 7.17. The summed E-state index contributed by atoms with van der Waals surface area (Å²) in [7, 11) is -1.40. The standard InChI is InChI=1S/C20H22N4O2S/c1-22-12-14-23(15-13-22)20-16-18(8-9-21-20)17-4-6-19(7-5-17)27(25,26)24-10-2-3-11-24/h2-11,16H,12-15H2,1H3. The number of hydrogen-bond donors (Lipinski definition) is 0. The third kappa shape index (κ3) is 3.61. The maximum absolute atomic E-state index is 12.6. The summed E-state index contributed by atoms with van der Waals surface area (Å²) in [5.74, 6) is 0.963. The molecular weight excluding hydrogens is 360 g/mol. The Bertz CT molecular complexity index is 1010. The van der Waals surface area contributed by atoms with Crippen LogP contribution < -0.4 is 4.90 Å². The fourth-order valence-corrected chi connectivity index (χ4v) is 4.41. The first-order valence-electron chi connectivity index (χ1n) is 8.92. The van der Waals surface area contributed by atoms with Crippen molar-refractivity contribution in [2.45, 2.75) is 4.90 Å². The zero-order valence-electron chi connectivity index (χ0n) is 15.2. The van der Waals surface area contributed by atoms with Gasteiger partial charge in [-0.15, -0.1) is 0 Å². The summed E-state index contributed by atoms with van der Waals surface area (Å²) in [6, 6.07) is 14.4. The van der Waals surface area contributed by atoms with Gasteiger partial charge in [-0.3, -0.25) is 0 Å². The lowest BCUT2D eigenvalue weighted by molar-refractivity contribution is 0.312. The molecule has 0 bridgehead atoms. The van der Waals surface area contributed by atoms with Crippen molar-refractivity contribution in [3.05, 3.63) is 67.1 Å². The molecule has 0 aliphatic carbocycles. The quantitative estimate of drug-likeness (QED) is 0.694. The second-order valence-electron chi connectivity index (χ2n) is 6.74. The minimum Gasteiger partial charge on any atom is -0.354 e. The molecule has 2 aromatic heterocycles. The fourth-order valence-electron chi connectivity index (χ4n) is 3.23. The topological polar surface area (TPSA) is 58.4 Å². The Morgan fingerprint density at radius 1 is 0.889 bits per heavy atom. The Kier molecular flexibility index (Phi) is 4.72. The largest absolute Gasteiger partial charge is 0.354 e. The Morgan fingerprint density at radius 3 is 2.22 bits per heavy atom. The van der Waals surface area contributed by atoms with Crippen LogP contribution in [0.2, 0.25) is 0 Å². The van der Waals surface area contributed by atoms with Crippen LogP contribution in [-0.4, -0.2) is 55.5 Å². The van der Waals surface area contributed by atoms with Crippen LogP contribution in [-0.2, 0) is 10.0 Å². The molecule has 3 aromatic rings. The third-order valence-corrected chi connectivity index (χ3v) is 6.58. The lowest BCUT2D eigenvalue weighted by atomic mass is 10.1. The Morgan fingerprint density at radius 2 is 1.56 bits per heavy atom. The maximum atomic E-state index is 12.6. The van der Waals surface area contributed by atoms with Gasteiger partial charge >= 0.3 is 0 Å². The van der Waals surface area contributed by atoms with Gasteiger partial charge in [-0.2, -0.15) is 0 Å². The number of likely N-dealkylation sites (N-methyl/N-ethyl adjacent to an activating group) is 1. The van der Waals surface area contributed by atoms with Crippen LogP contribution in [0.1, 0.15) is 0 Å². The van der Waals surface area contributed by atoms with Crippen LogP contribution in [0.4, 0.5) is 5.82 Å². The molecule has 7 heteroatoms. The molecule has 4 rings (SSSR count). The zero-order valence-corrected chi connectivity index (χ0v) is 16.0. The smallest absolute Gasteiger partial charge is 0.267 e. The lowest BCUT2D eigenvalue weighted by Gasteiger charge is -2.33. The van der Waals surface area contributed by atoms with E-state index in [1.807, 2.05) is 24.4 Å². The van der Waals surface area contributed by atoms with E-state index in [1.165, 1.54) is 16.4 Å². The van der Waals surface area contributed by atoms with Gasteiger partial charge < -0.3 is 9.80 Å². The van der Waals surface area contributed by atoms with Crippen LogP contribution in [0.5, 0.6) is 0 Å². The molecule has 0 saturated carbocycles. The van der Waals surface area contributed by atoms with Crippen LogP contribution in [0.3, 0.4) is 0 Å². The highest BCUT2D eigenvalue weighted by Gasteiger charge is 2.17. The summed E-state index contributed by atoms with van der Waals surface area (Å²) < 4.78 is 26.4. The summed E-state index contributed by atoms with van der Waals surface area (Å²) in [5, 5.41) is 0. The van der Waals surface area contributed by atoms with E-state index in [2.05, 4.69) is 27.9 Å². The molecule has 0 unspecified atom stereocenters. The molecule has 0 N–H and O–H groups in total. The number of benzene rings is 1. The van der Waals surface area contributed by atoms with Crippen LogP contribution in [0.25, 0.3) is 11.1 Å². The molecule has 3 heterocycles. The van der Waals surface area contributed by atoms with Gasteiger partial charge in [0.1, 0.15) is 5.82 Å². The average molecular weight is 382 g/mol. The number of piperazine rings is 1. The average Bonchev–Trinajstić information content (AvgIpc) is 3.25.